The number of hydrogen-bond donors (Lipinski definition) is 1. The molecule has 70 valence electrons. The number of para-hydroxylation sites is 2. The van der Waals surface area contributed by atoms with Gasteiger partial charge in [0, 0.05) is 0 Å². The Hall–Kier alpha value is -0.830. The standard InChI is InChI=1S/C8H11NO3P/c1-10-13(11-2)9-7-5-3-4-6-8(7)12-13/h3-6,9H,1-2H3/q+1. The normalized spacial score (nSPS) is 17.4. The minimum Gasteiger partial charge on any atom is -0.263 e. The summed E-state index contributed by atoms with van der Waals surface area (Å²) in [6.07, 6.45) is 0. The molecule has 2 rings (SSSR count). The van der Waals surface area contributed by atoms with Gasteiger partial charge >= 0.3 is 8.09 Å². The van der Waals surface area contributed by atoms with E-state index in [1.54, 1.807) is 14.2 Å². The van der Waals surface area contributed by atoms with Crippen molar-refractivity contribution in [3.63, 3.8) is 0 Å². The highest BCUT2D eigenvalue weighted by atomic mass is 31.2. The summed E-state index contributed by atoms with van der Waals surface area (Å²) in [5.41, 5.74) is 0.916. The minimum atomic E-state index is -2.34. The van der Waals surface area contributed by atoms with Crippen LogP contribution < -0.4 is 9.61 Å². The van der Waals surface area contributed by atoms with E-state index in [0.717, 1.165) is 11.4 Å². The van der Waals surface area contributed by atoms with Crippen LogP contribution in [0.25, 0.3) is 0 Å². The lowest BCUT2D eigenvalue weighted by molar-refractivity contribution is 0.260. The zero-order valence-corrected chi connectivity index (χ0v) is 8.38. The fraction of sp³-hybridized carbons (Fsp3) is 0.250. The molecule has 1 N–H and O–H groups in total. The Bertz CT molecular complexity index is 287. The smallest absolute Gasteiger partial charge is 0.263 e. The molecular formula is C8H11NO3P+. The lowest BCUT2D eigenvalue weighted by atomic mass is 10.3. The fourth-order valence-corrected chi connectivity index (χ4v) is 2.60. The summed E-state index contributed by atoms with van der Waals surface area (Å²) in [6, 6.07) is 7.64. The number of hydrogen-bond acceptors (Lipinski definition) is 4. The van der Waals surface area contributed by atoms with Crippen molar-refractivity contribution in [3.8, 4) is 5.75 Å². The van der Waals surface area contributed by atoms with Gasteiger partial charge in [-0.05, 0) is 12.1 Å². The van der Waals surface area contributed by atoms with Crippen LogP contribution in [0, 0.1) is 0 Å². The molecule has 13 heavy (non-hydrogen) atoms. The summed E-state index contributed by atoms with van der Waals surface area (Å²) in [4.78, 5) is 0. The van der Waals surface area contributed by atoms with Gasteiger partial charge in [-0.25, -0.2) is 0 Å². The minimum absolute atomic E-state index is 0.777. The molecule has 4 nitrogen and oxygen atoms in total. The van der Waals surface area contributed by atoms with Crippen LogP contribution in [-0.4, -0.2) is 14.2 Å². The van der Waals surface area contributed by atoms with Crippen LogP contribution in [0.5, 0.6) is 5.75 Å². The first-order valence-corrected chi connectivity index (χ1v) is 5.41. The highest BCUT2D eigenvalue weighted by Gasteiger charge is 2.52. The van der Waals surface area contributed by atoms with Crippen molar-refractivity contribution in [3.05, 3.63) is 24.3 Å². The van der Waals surface area contributed by atoms with Crippen LogP contribution in [0.3, 0.4) is 0 Å². The van der Waals surface area contributed by atoms with Gasteiger partial charge in [0.05, 0.1) is 14.2 Å². The van der Waals surface area contributed by atoms with Gasteiger partial charge in [0.25, 0.3) is 0 Å². The van der Waals surface area contributed by atoms with Crippen LogP contribution in [0.4, 0.5) is 5.69 Å². The number of anilines is 1. The number of benzene rings is 1. The molecule has 0 saturated carbocycles. The van der Waals surface area contributed by atoms with Crippen molar-refractivity contribution in [1.82, 2.24) is 0 Å². The van der Waals surface area contributed by atoms with Crippen molar-refractivity contribution in [2.24, 2.45) is 0 Å². The first-order valence-electron chi connectivity index (χ1n) is 3.87. The van der Waals surface area contributed by atoms with Crippen LogP contribution in [0.1, 0.15) is 0 Å². The average molecular weight is 200 g/mol. The predicted octanol–water partition coefficient (Wildman–Crippen LogP) is 2.46. The molecule has 0 spiro atoms. The third-order valence-corrected chi connectivity index (χ3v) is 3.76. The molecule has 5 heteroatoms. The SMILES string of the molecule is CO[P+]1(OC)Nc2ccccc2O1. The summed E-state index contributed by atoms with van der Waals surface area (Å²) in [7, 11) is 0.791. The summed E-state index contributed by atoms with van der Waals surface area (Å²) in [5, 5.41) is 3.09. The van der Waals surface area contributed by atoms with Gasteiger partial charge in [-0.1, -0.05) is 12.1 Å². The zero-order chi connectivity index (χ0) is 9.31. The summed E-state index contributed by atoms with van der Waals surface area (Å²) < 4.78 is 15.9. The summed E-state index contributed by atoms with van der Waals surface area (Å²) >= 11 is 0. The highest BCUT2D eigenvalue weighted by Crippen LogP contribution is 2.65. The Labute approximate surface area is 77.4 Å². The van der Waals surface area contributed by atoms with Crippen LogP contribution in [0.2, 0.25) is 0 Å². The van der Waals surface area contributed by atoms with Crippen molar-refractivity contribution >= 4 is 13.8 Å². The Kier molecular flexibility index (Phi) is 2.12. The molecule has 0 bridgehead atoms. The second-order valence-electron chi connectivity index (χ2n) is 2.56. The van der Waals surface area contributed by atoms with Crippen molar-refractivity contribution in [2.45, 2.75) is 0 Å². The van der Waals surface area contributed by atoms with E-state index >= 15 is 0 Å². The van der Waals surface area contributed by atoms with E-state index in [1.165, 1.54) is 0 Å². The molecule has 1 aromatic rings. The summed E-state index contributed by atoms with van der Waals surface area (Å²) in [5.74, 6) is 0.777. The quantitative estimate of drug-likeness (QED) is 0.744. The first-order chi connectivity index (χ1) is 6.29. The summed E-state index contributed by atoms with van der Waals surface area (Å²) in [6.45, 7) is 0. The number of nitrogens with one attached hydrogen (secondary N) is 1. The van der Waals surface area contributed by atoms with E-state index < -0.39 is 8.09 Å². The molecule has 1 aromatic carbocycles. The fourth-order valence-electron chi connectivity index (χ4n) is 1.18. The molecule has 0 fully saturated rings. The average Bonchev–Trinajstić information content (AvgIpc) is 2.57. The number of fused-ring (bicyclic) bond motifs is 1. The van der Waals surface area contributed by atoms with E-state index in [2.05, 4.69) is 5.09 Å². The number of rotatable bonds is 2. The zero-order valence-electron chi connectivity index (χ0n) is 7.48. The monoisotopic (exact) mass is 200 g/mol. The lowest BCUT2D eigenvalue weighted by Gasteiger charge is -2.10. The van der Waals surface area contributed by atoms with E-state index in [-0.39, 0.29) is 0 Å². The predicted molar refractivity (Wildman–Crippen MR) is 51.6 cm³/mol. The molecule has 0 radical (unpaired) electrons. The van der Waals surface area contributed by atoms with Crippen molar-refractivity contribution in [1.29, 1.82) is 0 Å². The Morgan fingerprint density at radius 3 is 2.54 bits per heavy atom. The molecule has 1 heterocycles. The van der Waals surface area contributed by atoms with Crippen LogP contribution >= 0.6 is 8.09 Å². The van der Waals surface area contributed by atoms with E-state index in [1.807, 2.05) is 24.3 Å². The van der Waals surface area contributed by atoms with E-state index in [0.29, 0.717) is 0 Å². The molecule has 1 aliphatic rings. The van der Waals surface area contributed by atoms with Gasteiger partial charge < -0.3 is 0 Å². The van der Waals surface area contributed by atoms with Crippen LogP contribution in [0.15, 0.2) is 24.3 Å². The molecule has 0 aliphatic carbocycles. The first kappa shape index (κ1) is 8.75. The molecular weight excluding hydrogens is 189 g/mol. The third kappa shape index (κ3) is 1.37. The maximum absolute atomic E-state index is 5.55. The second kappa shape index (κ2) is 3.14. The Balaban J connectivity index is 2.30. The highest BCUT2D eigenvalue weighted by molar-refractivity contribution is 7.64. The van der Waals surface area contributed by atoms with E-state index in [9.17, 15) is 0 Å². The topological polar surface area (TPSA) is 39.7 Å². The molecule has 0 atom stereocenters. The van der Waals surface area contributed by atoms with Crippen LogP contribution in [-0.2, 0) is 9.05 Å². The van der Waals surface area contributed by atoms with Gasteiger partial charge in [0.15, 0.2) is 0 Å². The molecule has 0 amide bonds. The van der Waals surface area contributed by atoms with Gasteiger partial charge in [-0.15, -0.1) is 0 Å². The van der Waals surface area contributed by atoms with Gasteiger partial charge in [0.2, 0.25) is 5.75 Å². The van der Waals surface area contributed by atoms with Crippen molar-refractivity contribution < 1.29 is 13.6 Å². The molecule has 0 saturated heterocycles. The Morgan fingerprint density at radius 2 is 1.92 bits per heavy atom. The molecule has 1 aliphatic heterocycles. The van der Waals surface area contributed by atoms with Gasteiger partial charge in [-0.3, -0.25) is 4.52 Å². The largest absolute Gasteiger partial charge is 0.573 e. The lowest BCUT2D eigenvalue weighted by Crippen LogP contribution is -2.07. The maximum atomic E-state index is 5.55. The van der Waals surface area contributed by atoms with Crippen molar-refractivity contribution in [2.75, 3.05) is 19.3 Å². The third-order valence-electron chi connectivity index (χ3n) is 1.84. The second-order valence-corrected chi connectivity index (χ2v) is 4.69. The molecule has 0 unspecified atom stereocenters. The Morgan fingerprint density at radius 1 is 1.23 bits per heavy atom. The van der Waals surface area contributed by atoms with E-state index in [4.69, 9.17) is 13.6 Å². The van der Waals surface area contributed by atoms with Gasteiger partial charge in [-0.2, -0.15) is 14.1 Å². The maximum Gasteiger partial charge on any atom is 0.573 e. The van der Waals surface area contributed by atoms with Gasteiger partial charge in [0.1, 0.15) is 5.69 Å². The molecule has 0 aromatic heterocycles.